The Labute approximate surface area is 193 Å². The number of nitrogens with one attached hydrogen (secondary N) is 2. The minimum absolute atomic E-state index is 0.0297. The number of methoxy groups -OCH3 is 1. The van der Waals surface area contributed by atoms with Crippen LogP contribution in [0.25, 0.3) is 10.9 Å². The Hall–Kier alpha value is -3.75. The zero-order valence-corrected chi connectivity index (χ0v) is 19.3. The number of hydrogen-bond acceptors (Lipinski definition) is 4. The van der Waals surface area contributed by atoms with Gasteiger partial charge in [-0.25, -0.2) is 0 Å². The fourth-order valence-corrected chi connectivity index (χ4v) is 4.96. The number of ether oxygens (including phenoxy) is 1. The van der Waals surface area contributed by atoms with E-state index in [-0.39, 0.29) is 16.6 Å². The van der Waals surface area contributed by atoms with Crippen LogP contribution in [0, 0.1) is 13.8 Å². The van der Waals surface area contributed by atoms with Crippen molar-refractivity contribution in [2.24, 2.45) is 0 Å². The third-order valence-corrected chi connectivity index (χ3v) is 6.69. The predicted octanol–water partition coefficient (Wildman–Crippen LogP) is 5.47. The number of nitrogens with zero attached hydrogens (tertiary/aromatic N) is 1. The first kappa shape index (κ1) is 22.4. The molecule has 1 atom stereocenters. The zero-order valence-electron chi connectivity index (χ0n) is 18.5. The summed E-state index contributed by atoms with van der Waals surface area (Å²) in [7, 11) is -2.32. The number of pyridine rings is 1. The van der Waals surface area contributed by atoms with Crippen molar-refractivity contribution in [1.29, 1.82) is 0 Å². The SMILES string of the molecule is COc1ccc(NC(=O)c2cnc3ccccc3c2)cc1[S+](=O)(O)Nc1c(C)cccc1C. The fraction of sp³-hybridized carbons (Fsp3) is 0.120. The highest BCUT2D eigenvalue weighted by molar-refractivity contribution is 7.99. The van der Waals surface area contributed by atoms with Crippen LogP contribution in [-0.4, -0.2) is 22.6 Å². The molecule has 1 heterocycles. The van der Waals surface area contributed by atoms with Crippen LogP contribution in [0.4, 0.5) is 11.4 Å². The molecule has 0 aliphatic rings. The maximum Gasteiger partial charge on any atom is 0.350 e. The zero-order chi connectivity index (χ0) is 23.6. The Balaban J connectivity index is 1.64. The summed E-state index contributed by atoms with van der Waals surface area (Å²) in [5.41, 5.74) is 3.77. The largest absolute Gasteiger partial charge is 0.491 e. The van der Waals surface area contributed by atoms with Crippen LogP contribution in [0.2, 0.25) is 0 Å². The van der Waals surface area contributed by atoms with Crippen LogP contribution >= 0.6 is 0 Å². The quantitative estimate of drug-likeness (QED) is 0.330. The molecule has 8 heteroatoms. The molecule has 33 heavy (non-hydrogen) atoms. The Morgan fingerprint density at radius 2 is 1.73 bits per heavy atom. The number of benzene rings is 3. The molecule has 0 bridgehead atoms. The van der Waals surface area contributed by atoms with E-state index in [9.17, 15) is 13.6 Å². The molecule has 3 N–H and O–H groups in total. The average Bonchev–Trinajstić information content (AvgIpc) is 2.81. The highest BCUT2D eigenvalue weighted by atomic mass is 32.3. The first-order valence-electron chi connectivity index (χ1n) is 10.2. The summed E-state index contributed by atoms with van der Waals surface area (Å²) < 4.78 is 32.3. The Bertz CT molecular complexity index is 1380. The normalized spacial score (nSPS) is 12.7. The molecule has 1 aromatic heterocycles. The van der Waals surface area contributed by atoms with Gasteiger partial charge in [-0.3, -0.25) is 9.78 Å². The average molecular weight is 463 g/mol. The van der Waals surface area contributed by atoms with Crippen LogP contribution in [-0.2, 0) is 14.6 Å². The summed E-state index contributed by atoms with van der Waals surface area (Å²) in [4.78, 5) is 17.2. The van der Waals surface area contributed by atoms with Gasteiger partial charge in [-0.05, 0) is 53.4 Å². The lowest BCUT2D eigenvalue weighted by Crippen LogP contribution is -2.23. The molecular weight excluding hydrogens is 438 g/mol. The van der Waals surface area contributed by atoms with Crippen molar-refractivity contribution in [1.82, 2.24) is 4.98 Å². The van der Waals surface area contributed by atoms with E-state index in [1.807, 2.05) is 56.3 Å². The van der Waals surface area contributed by atoms with Crippen molar-refractivity contribution < 1.29 is 18.3 Å². The molecule has 1 amide bonds. The fourth-order valence-electron chi connectivity index (χ4n) is 3.54. The molecule has 0 radical (unpaired) electrons. The third kappa shape index (κ3) is 4.72. The van der Waals surface area contributed by atoms with Crippen molar-refractivity contribution in [2.45, 2.75) is 18.7 Å². The van der Waals surface area contributed by atoms with E-state index in [0.717, 1.165) is 22.0 Å². The molecule has 1 unspecified atom stereocenters. The predicted molar refractivity (Wildman–Crippen MR) is 131 cm³/mol. The lowest BCUT2D eigenvalue weighted by Gasteiger charge is -2.14. The summed E-state index contributed by atoms with van der Waals surface area (Å²) in [5.74, 6) is -0.150. The number of anilines is 2. The minimum Gasteiger partial charge on any atom is -0.491 e. The van der Waals surface area contributed by atoms with Crippen molar-refractivity contribution in [3.63, 3.8) is 0 Å². The summed E-state index contributed by atoms with van der Waals surface area (Å²) in [6.45, 7) is 3.71. The maximum absolute atomic E-state index is 13.3. The van der Waals surface area contributed by atoms with Crippen molar-refractivity contribution in [2.75, 3.05) is 17.1 Å². The number of amides is 1. The smallest absolute Gasteiger partial charge is 0.350 e. The molecule has 0 aliphatic heterocycles. The standard InChI is InChI=1S/C25H23N3O4S/c1-16-7-6-8-17(2)24(16)28-33(30,31)23-14-20(11-12-22(23)32-3)27-25(29)19-13-18-9-4-5-10-21(18)26-15-19/h4-15H,1-3H3,(H2-,27,28,29,30,31)/p+1. The number of aryl methyl sites for hydroxylation is 2. The van der Waals surface area contributed by atoms with Gasteiger partial charge < -0.3 is 10.1 Å². The second-order valence-electron chi connectivity index (χ2n) is 7.63. The van der Waals surface area contributed by atoms with E-state index in [2.05, 4.69) is 15.0 Å². The van der Waals surface area contributed by atoms with Gasteiger partial charge in [0.05, 0.1) is 23.9 Å². The molecule has 0 spiro atoms. The molecule has 7 nitrogen and oxygen atoms in total. The van der Waals surface area contributed by atoms with Gasteiger partial charge in [-0.1, -0.05) is 36.4 Å². The number of hydrogen-bond donors (Lipinski definition) is 3. The van der Waals surface area contributed by atoms with Crippen molar-refractivity contribution >= 4 is 38.6 Å². The lowest BCUT2D eigenvalue weighted by atomic mass is 10.1. The van der Waals surface area contributed by atoms with E-state index in [0.29, 0.717) is 16.9 Å². The van der Waals surface area contributed by atoms with E-state index in [1.165, 1.54) is 19.4 Å². The van der Waals surface area contributed by atoms with Gasteiger partial charge >= 0.3 is 10.4 Å². The number of carbonyl (C=O) groups is 1. The van der Waals surface area contributed by atoms with Gasteiger partial charge in [-0.2, -0.15) is 9.27 Å². The minimum atomic E-state index is -3.74. The second-order valence-corrected chi connectivity index (χ2v) is 9.33. The third-order valence-electron chi connectivity index (χ3n) is 5.29. The van der Waals surface area contributed by atoms with E-state index >= 15 is 0 Å². The van der Waals surface area contributed by atoms with Crippen LogP contribution in [0.1, 0.15) is 21.5 Å². The van der Waals surface area contributed by atoms with E-state index in [1.54, 1.807) is 18.2 Å². The van der Waals surface area contributed by atoms with Crippen LogP contribution in [0.15, 0.2) is 77.8 Å². The van der Waals surface area contributed by atoms with Gasteiger partial charge in [-0.15, -0.1) is 0 Å². The Kier molecular flexibility index (Phi) is 6.13. The van der Waals surface area contributed by atoms with Crippen LogP contribution in [0.5, 0.6) is 5.75 Å². The van der Waals surface area contributed by atoms with Crippen molar-refractivity contribution in [3.8, 4) is 5.75 Å². The highest BCUT2D eigenvalue weighted by Crippen LogP contribution is 2.33. The Morgan fingerprint density at radius 3 is 2.45 bits per heavy atom. The van der Waals surface area contributed by atoms with Gasteiger partial charge in [0.15, 0.2) is 5.75 Å². The van der Waals surface area contributed by atoms with Crippen LogP contribution < -0.4 is 14.8 Å². The molecule has 3 aromatic carbocycles. The number of rotatable bonds is 6. The molecule has 0 saturated carbocycles. The number of para-hydroxylation sites is 2. The second kappa shape index (κ2) is 9.01. The van der Waals surface area contributed by atoms with E-state index in [4.69, 9.17) is 4.74 Å². The molecule has 0 aliphatic carbocycles. The lowest BCUT2D eigenvalue weighted by molar-refractivity contribution is 0.102. The van der Waals surface area contributed by atoms with Crippen LogP contribution in [0.3, 0.4) is 0 Å². The van der Waals surface area contributed by atoms with Gasteiger partial charge in [0.2, 0.25) is 0 Å². The number of aromatic nitrogens is 1. The summed E-state index contributed by atoms with van der Waals surface area (Å²) in [5, 5.41) is 3.62. The summed E-state index contributed by atoms with van der Waals surface area (Å²) in [6, 6.07) is 19.5. The molecule has 0 saturated heterocycles. The van der Waals surface area contributed by atoms with E-state index < -0.39 is 10.4 Å². The maximum atomic E-state index is 13.3. The first-order chi connectivity index (χ1) is 15.8. The number of fused-ring (bicyclic) bond motifs is 1. The first-order valence-corrected chi connectivity index (χ1v) is 11.7. The van der Waals surface area contributed by atoms with Gasteiger partial charge in [0.25, 0.3) is 10.8 Å². The summed E-state index contributed by atoms with van der Waals surface area (Å²) in [6.07, 6.45) is 1.50. The molecule has 168 valence electrons. The van der Waals surface area contributed by atoms with Crippen molar-refractivity contribution in [3.05, 3.63) is 89.6 Å². The molecular formula is C25H24N3O4S+. The van der Waals surface area contributed by atoms with Gasteiger partial charge in [0, 0.05) is 23.3 Å². The number of carbonyl (C=O) groups excluding carboxylic acids is 1. The summed E-state index contributed by atoms with van der Waals surface area (Å²) >= 11 is 0. The monoisotopic (exact) mass is 462 g/mol. The molecule has 0 fully saturated rings. The topological polar surface area (TPSA) is 101 Å². The molecule has 4 rings (SSSR count). The van der Waals surface area contributed by atoms with Gasteiger partial charge in [0.1, 0.15) is 0 Å². The Morgan fingerprint density at radius 1 is 1.00 bits per heavy atom. The highest BCUT2D eigenvalue weighted by Gasteiger charge is 2.35. The molecule has 4 aromatic rings.